The van der Waals surface area contributed by atoms with Crippen molar-refractivity contribution in [3.8, 4) is 0 Å². The summed E-state index contributed by atoms with van der Waals surface area (Å²) in [6, 6.07) is 3.96. The van der Waals surface area contributed by atoms with E-state index < -0.39 is 5.82 Å². The first kappa shape index (κ1) is 13.6. The van der Waals surface area contributed by atoms with Gasteiger partial charge in [0.15, 0.2) is 0 Å². The van der Waals surface area contributed by atoms with Crippen LogP contribution in [0.2, 0.25) is 0 Å². The molecular formula is C11H12BrFN2O2. The number of amides is 2. The molecule has 0 saturated heterocycles. The topological polar surface area (TPSA) is 49.4 Å². The molecule has 92 valence electrons. The second kappa shape index (κ2) is 5.77. The number of likely N-dealkylation sites (N-methyl/N-ethyl adjacent to an activating group) is 2. The molecule has 1 N–H and O–H groups in total. The van der Waals surface area contributed by atoms with Crippen LogP contribution in [-0.4, -0.2) is 37.4 Å². The average molecular weight is 303 g/mol. The molecule has 6 heteroatoms. The van der Waals surface area contributed by atoms with Crippen LogP contribution in [0.5, 0.6) is 0 Å². The fraction of sp³-hybridized carbons (Fsp3) is 0.273. The van der Waals surface area contributed by atoms with Crippen LogP contribution in [0.15, 0.2) is 22.7 Å². The van der Waals surface area contributed by atoms with Crippen molar-refractivity contribution >= 4 is 27.7 Å². The molecule has 1 aromatic carbocycles. The van der Waals surface area contributed by atoms with Gasteiger partial charge in [-0.2, -0.15) is 0 Å². The molecule has 17 heavy (non-hydrogen) atoms. The highest BCUT2D eigenvalue weighted by Crippen LogP contribution is 2.17. The van der Waals surface area contributed by atoms with Crippen LogP contribution in [0.25, 0.3) is 0 Å². The predicted molar refractivity (Wildman–Crippen MR) is 65.1 cm³/mol. The van der Waals surface area contributed by atoms with Gasteiger partial charge in [-0.05, 0) is 34.1 Å². The van der Waals surface area contributed by atoms with Crippen molar-refractivity contribution < 1.29 is 14.0 Å². The summed E-state index contributed by atoms with van der Waals surface area (Å²) in [5.74, 6) is -1.04. The maximum Gasteiger partial charge on any atom is 0.254 e. The summed E-state index contributed by atoms with van der Waals surface area (Å²) in [4.78, 5) is 24.2. The van der Waals surface area contributed by atoms with Gasteiger partial charge in [0, 0.05) is 19.7 Å². The van der Waals surface area contributed by atoms with Crippen molar-refractivity contribution in [3.63, 3.8) is 0 Å². The largest absolute Gasteiger partial charge is 0.358 e. The molecule has 0 bridgehead atoms. The summed E-state index contributed by atoms with van der Waals surface area (Å²) >= 11 is 3.00. The highest BCUT2D eigenvalue weighted by molar-refractivity contribution is 9.10. The Morgan fingerprint density at radius 2 is 2.12 bits per heavy atom. The van der Waals surface area contributed by atoms with E-state index in [1.165, 1.54) is 37.2 Å². The molecule has 0 fully saturated rings. The van der Waals surface area contributed by atoms with E-state index >= 15 is 0 Å². The van der Waals surface area contributed by atoms with Crippen molar-refractivity contribution in [1.82, 2.24) is 10.2 Å². The summed E-state index contributed by atoms with van der Waals surface area (Å²) in [7, 11) is 3.00. The van der Waals surface area contributed by atoms with E-state index in [0.717, 1.165) is 0 Å². The third kappa shape index (κ3) is 3.52. The number of benzene rings is 1. The second-order valence-electron chi connectivity index (χ2n) is 3.46. The lowest BCUT2D eigenvalue weighted by Gasteiger charge is -2.16. The predicted octanol–water partition coefficient (Wildman–Crippen LogP) is 1.41. The highest BCUT2D eigenvalue weighted by atomic mass is 79.9. The first-order chi connectivity index (χ1) is 7.95. The monoisotopic (exact) mass is 302 g/mol. The molecule has 0 spiro atoms. The van der Waals surface area contributed by atoms with E-state index in [9.17, 15) is 14.0 Å². The number of carbonyl (C=O) groups is 2. The Bertz CT molecular complexity index is 451. The van der Waals surface area contributed by atoms with E-state index in [-0.39, 0.29) is 22.8 Å². The average Bonchev–Trinajstić information content (AvgIpc) is 2.31. The molecule has 0 aliphatic heterocycles. The maximum atomic E-state index is 13.0. The van der Waals surface area contributed by atoms with Crippen LogP contribution >= 0.6 is 15.9 Å². The molecule has 0 aromatic heterocycles. The number of carbonyl (C=O) groups excluding carboxylic acids is 2. The fourth-order valence-electron chi connectivity index (χ4n) is 1.22. The molecule has 1 aromatic rings. The normalized spacial score (nSPS) is 9.88. The minimum absolute atomic E-state index is 0.0374. The Kier molecular flexibility index (Phi) is 4.62. The Balaban J connectivity index is 2.81. The number of halogens is 2. The summed E-state index contributed by atoms with van der Waals surface area (Å²) in [6.45, 7) is -0.0374. The van der Waals surface area contributed by atoms with Crippen LogP contribution in [0.4, 0.5) is 4.39 Å². The quantitative estimate of drug-likeness (QED) is 0.918. The summed E-state index contributed by atoms with van der Waals surface area (Å²) < 4.78 is 13.2. The first-order valence-electron chi connectivity index (χ1n) is 4.86. The van der Waals surface area contributed by atoms with Crippen molar-refractivity contribution in [3.05, 3.63) is 34.1 Å². The van der Waals surface area contributed by atoms with Gasteiger partial charge in [0.1, 0.15) is 5.82 Å². The zero-order valence-corrected chi connectivity index (χ0v) is 11.0. The zero-order chi connectivity index (χ0) is 13.0. The highest BCUT2D eigenvalue weighted by Gasteiger charge is 2.15. The van der Waals surface area contributed by atoms with E-state index in [1.54, 1.807) is 0 Å². The summed E-state index contributed by atoms with van der Waals surface area (Å²) in [5, 5.41) is 2.42. The van der Waals surface area contributed by atoms with Crippen molar-refractivity contribution in [1.29, 1.82) is 0 Å². The van der Waals surface area contributed by atoms with E-state index in [2.05, 4.69) is 21.2 Å². The van der Waals surface area contributed by atoms with Crippen molar-refractivity contribution in [2.75, 3.05) is 20.6 Å². The smallest absolute Gasteiger partial charge is 0.254 e. The van der Waals surface area contributed by atoms with Crippen LogP contribution in [0, 0.1) is 5.82 Å². The minimum Gasteiger partial charge on any atom is -0.358 e. The van der Waals surface area contributed by atoms with Gasteiger partial charge in [0.2, 0.25) is 5.91 Å². The third-order valence-electron chi connectivity index (χ3n) is 2.17. The first-order valence-corrected chi connectivity index (χ1v) is 5.66. The number of nitrogens with one attached hydrogen (secondary N) is 1. The lowest BCUT2D eigenvalue weighted by atomic mass is 10.2. The molecule has 4 nitrogen and oxygen atoms in total. The summed E-state index contributed by atoms with van der Waals surface area (Å²) in [5.41, 5.74) is 0.324. The molecule has 0 aliphatic rings. The second-order valence-corrected chi connectivity index (χ2v) is 4.32. The molecular weight excluding hydrogens is 291 g/mol. The van der Waals surface area contributed by atoms with Gasteiger partial charge in [-0.3, -0.25) is 9.59 Å². The van der Waals surface area contributed by atoms with Crippen molar-refractivity contribution in [2.45, 2.75) is 0 Å². The van der Waals surface area contributed by atoms with Crippen LogP contribution < -0.4 is 5.32 Å². The van der Waals surface area contributed by atoms with Crippen LogP contribution in [0.3, 0.4) is 0 Å². The molecule has 0 aliphatic carbocycles. The maximum absolute atomic E-state index is 13.0. The third-order valence-corrected chi connectivity index (χ3v) is 2.78. The standard InChI is InChI=1S/C11H12BrFN2O2/c1-14-10(16)6-15(2)11(17)7-3-4-9(13)8(12)5-7/h3-5H,6H2,1-2H3,(H,14,16). The molecule has 0 radical (unpaired) electrons. The van der Waals surface area contributed by atoms with Gasteiger partial charge in [-0.1, -0.05) is 0 Å². The zero-order valence-electron chi connectivity index (χ0n) is 9.46. The number of hydrogen-bond acceptors (Lipinski definition) is 2. The van der Waals surface area contributed by atoms with Gasteiger partial charge >= 0.3 is 0 Å². The van der Waals surface area contributed by atoms with Gasteiger partial charge in [0.25, 0.3) is 5.91 Å². The molecule has 0 atom stereocenters. The Morgan fingerprint density at radius 1 is 1.47 bits per heavy atom. The van der Waals surface area contributed by atoms with E-state index in [4.69, 9.17) is 0 Å². The molecule has 0 saturated carbocycles. The van der Waals surface area contributed by atoms with Gasteiger partial charge in [0.05, 0.1) is 11.0 Å². The van der Waals surface area contributed by atoms with Gasteiger partial charge < -0.3 is 10.2 Å². The number of nitrogens with zero attached hydrogens (tertiary/aromatic N) is 1. The number of hydrogen-bond donors (Lipinski definition) is 1. The lowest BCUT2D eigenvalue weighted by molar-refractivity contribution is -0.121. The Hall–Kier alpha value is -1.43. The van der Waals surface area contributed by atoms with Crippen molar-refractivity contribution in [2.24, 2.45) is 0 Å². The Labute approximate surface area is 107 Å². The van der Waals surface area contributed by atoms with Crippen LogP contribution in [-0.2, 0) is 4.79 Å². The van der Waals surface area contributed by atoms with E-state index in [1.807, 2.05) is 0 Å². The molecule has 2 amide bonds. The fourth-order valence-corrected chi connectivity index (χ4v) is 1.59. The number of rotatable bonds is 3. The van der Waals surface area contributed by atoms with E-state index in [0.29, 0.717) is 5.56 Å². The van der Waals surface area contributed by atoms with Gasteiger partial charge in [-0.15, -0.1) is 0 Å². The minimum atomic E-state index is -0.435. The summed E-state index contributed by atoms with van der Waals surface area (Å²) in [6.07, 6.45) is 0. The molecule has 0 heterocycles. The molecule has 1 rings (SSSR count). The molecule has 0 unspecified atom stereocenters. The lowest BCUT2D eigenvalue weighted by Crippen LogP contribution is -2.36. The van der Waals surface area contributed by atoms with Crippen LogP contribution in [0.1, 0.15) is 10.4 Å². The Morgan fingerprint density at radius 3 is 2.65 bits per heavy atom. The SMILES string of the molecule is CNC(=O)CN(C)C(=O)c1ccc(F)c(Br)c1. The van der Waals surface area contributed by atoms with Gasteiger partial charge in [-0.25, -0.2) is 4.39 Å².